The van der Waals surface area contributed by atoms with Crippen molar-refractivity contribution in [1.29, 1.82) is 5.26 Å². The molecule has 0 saturated heterocycles. The molecule has 1 atom stereocenters. The van der Waals surface area contributed by atoms with Crippen LogP contribution in [0.15, 0.2) is 36.6 Å². The fraction of sp³-hybridized carbons (Fsp3) is 0.409. The van der Waals surface area contributed by atoms with Crippen LogP contribution in [0.2, 0.25) is 0 Å². The maximum absolute atomic E-state index is 12.5. The van der Waals surface area contributed by atoms with Crippen LogP contribution in [0.1, 0.15) is 42.2 Å². The van der Waals surface area contributed by atoms with Gasteiger partial charge in [-0.3, -0.25) is 9.59 Å². The Hall–Kier alpha value is -2.85. The zero-order valence-electron chi connectivity index (χ0n) is 16.7. The van der Waals surface area contributed by atoms with E-state index < -0.39 is 0 Å². The molecule has 0 saturated carbocycles. The second-order valence-corrected chi connectivity index (χ2v) is 7.80. The smallest absolute Gasteiger partial charge is 0.293 e. The van der Waals surface area contributed by atoms with Crippen LogP contribution in [0.4, 0.5) is 5.00 Å². The SMILES string of the molecule is C=C/C=C(/CCC(=O)Nc1sc2c(c1C#N)CCC(COC=O)C2)C(=C)OCC. The summed E-state index contributed by atoms with van der Waals surface area (Å²) in [5, 5.41) is 13.1. The first-order valence-corrected chi connectivity index (χ1v) is 10.4. The van der Waals surface area contributed by atoms with Crippen molar-refractivity contribution < 1.29 is 19.1 Å². The van der Waals surface area contributed by atoms with E-state index in [1.54, 1.807) is 12.2 Å². The normalized spacial score (nSPS) is 15.6. The number of carbonyl (C=O) groups excluding carboxylic acids is 2. The monoisotopic (exact) mass is 414 g/mol. The predicted molar refractivity (Wildman–Crippen MR) is 113 cm³/mol. The summed E-state index contributed by atoms with van der Waals surface area (Å²) < 4.78 is 10.3. The van der Waals surface area contributed by atoms with Crippen LogP contribution in [0.3, 0.4) is 0 Å². The van der Waals surface area contributed by atoms with Gasteiger partial charge in [-0.15, -0.1) is 11.3 Å². The van der Waals surface area contributed by atoms with Gasteiger partial charge in [-0.2, -0.15) is 5.26 Å². The van der Waals surface area contributed by atoms with Crippen LogP contribution in [0, 0.1) is 17.2 Å². The van der Waals surface area contributed by atoms with Crippen molar-refractivity contribution in [1.82, 2.24) is 0 Å². The zero-order valence-corrected chi connectivity index (χ0v) is 17.5. The molecule has 0 aliphatic heterocycles. The molecule has 1 aromatic heterocycles. The van der Waals surface area contributed by atoms with Gasteiger partial charge in [-0.25, -0.2) is 0 Å². The summed E-state index contributed by atoms with van der Waals surface area (Å²) in [4.78, 5) is 24.0. The first kappa shape index (κ1) is 22.4. The van der Waals surface area contributed by atoms with Gasteiger partial charge in [0.1, 0.15) is 16.8 Å². The molecule has 0 fully saturated rings. The number of ether oxygens (including phenoxy) is 2. The van der Waals surface area contributed by atoms with Crippen molar-refractivity contribution in [2.75, 3.05) is 18.5 Å². The van der Waals surface area contributed by atoms with E-state index in [1.165, 1.54) is 11.3 Å². The summed E-state index contributed by atoms with van der Waals surface area (Å²) in [7, 11) is 0. The highest BCUT2D eigenvalue weighted by Crippen LogP contribution is 2.39. The minimum atomic E-state index is -0.166. The van der Waals surface area contributed by atoms with Gasteiger partial charge < -0.3 is 14.8 Å². The number of nitrogens with one attached hydrogen (secondary N) is 1. The number of hydrogen-bond acceptors (Lipinski definition) is 6. The van der Waals surface area contributed by atoms with Crippen molar-refractivity contribution in [3.8, 4) is 6.07 Å². The van der Waals surface area contributed by atoms with E-state index in [-0.39, 0.29) is 18.2 Å². The molecule has 0 spiro atoms. The first-order valence-electron chi connectivity index (χ1n) is 9.57. The number of hydrogen-bond donors (Lipinski definition) is 1. The van der Waals surface area contributed by atoms with Gasteiger partial charge in [0.05, 0.1) is 18.8 Å². The van der Waals surface area contributed by atoms with E-state index in [1.807, 2.05) is 6.92 Å². The number of nitrogens with zero attached hydrogens (tertiary/aromatic N) is 1. The van der Waals surface area contributed by atoms with E-state index in [9.17, 15) is 14.9 Å². The Balaban J connectivity index is 2.03. The van der Waals surface area contributed by atoms with Crippen molar-refractivity contribution in [2.24, 2.45) is 5.92 Å². The second kappa shape index (κ2) is 11.2. The van der Waals surface area contributed by atoms with Crippen molar-refractivity contribution in [2.45, 2.75) is 39.0 Å². The minimum absolute atomic E-state index is 0.166. The summed E-state index contributed by atoms with van der Waals surface area (Å²) in [5.41, 5.74) is 2.38. The number of nitriles is 1. The van der Waals surface area contributed by atoms with E-state index in [0.29, 0.717) is 42.4 Å². The average molecular weight is 415 g/mol. The lowest BCUT2D eigenvalue weighted by atomic mass is 9.88. The Bertz CT molecular complexity index is 848. The summed E-state index contributed by atoms with van der Waals surface area (Å²) in [6.07, 6.45) is 6.50. The van der Waals surface area contributed by atoms with Gasteiger partial charge in [0, 0.05) is 11.3 Å². The fourth-order valence-electron chi connectivity index (χ4n) is 3.34. The Kier molecular flexibility index (Phi) is 8.68. The molecular weight excluding hydrogens is 388 g/mol. The summed E-state index contributed by atoms with van der Waals surface area (Å²) >= 11 is 1.44. The van der Waals surface area contributed by atoms with Gasteiger partial charge in [0.25, 0.3) is 6.47 Å². The average Bonchev–Trinajstić information content (AvgIpc) is 3.05. The quantitative estimate of drug-likeness (QED) is 0.332. The number of thiophene rings is 1. The van der Waals surface area contributed by atoms with E-state index in [2.05, 4.69) is 24.5 Å². The molecular formula is C22H26N2O4S. The molecule has 0 bridgehead atoms. The van der Waals surface area contributed by atoms with Crippen LogP contribution < -0.4 is 5.32 Å². The highest BCUT2D eigenvalue weighted by molar-refractivity contribution is 7.16. The third kappa shape index (κ3) is 6.06. The first-order chi connectivity index (χ1) is 14.0. The lowest BCUT2D eigenvalue weighted by molar-refractivity contribution is -0.130. The van der Waals surface area contributed by atoms with E-state index in [4.69, 9.17) is 9.47 Å². The lowest BCUT2D eigenvalue weighted by Crippen LogP contribution is -2.18. The molecule has 1 aliphatic carbocycles. The zero-order chi connectivity index (χ0) is 21.2. The fourth-order valence-corrected chi connectivity index (χ4v) is 4.67. The summed E-state index contributed by atoms with van der Waals surface area (Å²) in [6, 6.07) is 2.24. The van der Waals surface area contributed by atoms with Crippen LogP contribution in [-0.2, 0) is 31.9 Å². The maximum atomic E-state index is 12.5. The Morgan fingerprint density at radius 2 is 2.24 bits per heavy atom. The molecule has 7 heteroatoms. The van der Waals surface area contributed by atoms with Crippen LogP contribution >= 0.6 is 11.3 Å². The third-order valence-corrected chi connectivity index (χ3v) is 5.92. The van der Waals surface area contributed by atoms with Gasteiger partial charge in [-0.1, -0.05) is 25.3 Å². The van der Waals surface area contributed by atoms with Crippen LogP contribution in [0.25, 0.3) is 0 Å². The van der Waals surface area contributed by atoms with E-state index >= 15 is 0 Å². The summed E-state index contributed by atoms with van der Waals surface area (Å²) in [5.74, 6) is 0.617. The number of fused-ring (bicyclic) bond motifs is 1. The van der Waals surface area contributed by atoms with Crippen molar-refractivity contribution >= 4 is 28.7 Å². The number of carbonyl (C=O) groups is 2. The van der Waals surface area contributed by atoms with Crippen LogP contribution in [0.5, 0.6) is 0 Å². The Morgan fingerprint density at radius 1 is 1.45 bits per heavy atom. The second-order valence-electron chi connectivity index (χ2n) is 6.69. The molecule has 1 aromatic rings. The predicted octanol–water partition coefficient (Wildman–Crippen LogP) is 4.28. The number of anilines is 1. The van der Waals surface area contributed by atoms with Crippen molar-refractivity contribution in [3.05, 3.63) is 52.6 Å². The molecule has 6 nitrogen and oxygen atoms in total. The number of allylic oxidation sites excluding steroid dienone is 3. The topological polar surface area (TPSA) is 88.4 Å². The molecule has 2 rings (SSSR count). The minimum Gasteiger partial charge on any atom is -0.494 e. The van der Waals surface area contributed by atoms with Gasteiger partial charge in [0.15, 0.2) is 0 Å². The van der Waals surface area contributed by atoms with E-state index in [0.717, 1.165) is 35.3 Å². The molecule has 0 aromatic carbocycles. The largest absolute Gasteiger partial charge is 0.494 e. The molecule has 0 radical (unpaired) electrons. The molecule has 1 aliphatic rings. The molecule has 154 valence electrons. The maximum Gasteiger partial charge on any atom is 0.293 e. The molecule has 1 amide bonds. The molecule has 1 unspecified atom stereocenters. The molecule has 1 N–H and O–H groups in total. The van der Waals surface area contributed by atoms with Crippen LogP contribution in [-0.4, -0.2) is 25.6 Å². The standard InChI is InChI=1S/C22H26N2O4S/c1-4-6-17(15(3)28-5-2)8-10-21(26)24-22-19(12-23)18-9-7-16(13-27-14-25)11-20(18)29-22/h4,6,14,16H,1,3,5,7-11,13H2,2H3,(H,24,26)/b17-6-. The lowest BCUT2D eigenvalue weighted by Gasteiger charge is -2.20. The van der Waals surface area contributed by atoms with Crippen molar-refractivity contribution in [3.63, 3.8) is 0 Å². The number of rotatable bonds is 11. The Morgan fingerprint density at radius 3 is 2.90 bits per heavy atom. The van der Waals surface area contributed by atoms with Gasteiger partial charge in [0.2, 0.25) is 5.91 Å². The molecule has 29 heavy (non-hydrogen) atoms. The molecule has 1 heterocycles. The highest BCUT2D eigenvalue weighted by Gasteiger charge is 2.26. The highest BCUT2D eigenvalue weighted by atomic mass is 32.1. The van der Waals surface area contributed by atoms with Gasteiger partial charge in [-0.05, 0) is 49.7 Å². The third-order valence-electron chi connectivity index (χ3n) is 4.75. The summed E-state index contributed by atoms with van der Waals surface area (Å²) in [6.45, 7) is 10.8. The van der Waals surface area contributed by atoms with Gasteiger partial charge >= 0.3 is 0 Å². The number of amides is 1. The Labute approximate surface area is 175 Å².